The van der Waals surface area contributed by atoms with Crippen LogP contribution in [0.1, 0.15) is 38.3 Å². The fourth-order valence-corrected chi connectivity index (χ4v) is 4.07. The number of allylic oxidation sites excluding steroid dienone is 4. The molecule has 0 N–H and O–H groups in total. The molecule has 0 bridgehead atoms. The first kappa shape index (κ1) is 13.6. The molecule has 1 unspecified atom stereocenters. The smallest absolute Gasteiger partial charge is 0.0155 e. The van der Waals surface area contributed by atoms with Crippen molar-refractivity contribution in [3.8, 4) is 11.1 Å². The molecule has 22 heavy (non-hydrogen) atoms. The first-order valence-corrected chi connectivity index (χ1v) is 8.20. The first-order valence-electron chi connectivity index (χ1n) is 8.20. The van der Waals surface area contributed by atoms with Gasteiger partial charge in [-0.3, -0.25) is 0 Å². The van der Waals surface area contributed by atoms with E-state index >= 15 is 0 Å². The third-order valence-electron chi connectivity index (χ3n) is 5.32. The van der Waals surface area contributed by atoms with Gasteiger partial charge in [0.15, 0.2) is 0 Å². The maximum Gasteiger partial charge on any atom is 0.0155 e. The maximum atomic E-state index is 2.41. The highest BCUT2D eigenvalue weighted by molar-refractivity contribution is 5.86. The van der Waals surface area contributed by atoms with E-state index in [-0.39, 0.29) is 5.41 Å². The lowest BCUT2D eigenvalue weighted by molar-refractivity contribution is 0.643. The molecule has 2 aromatic carbocycles. The molecular weight excluding hydrogens is 264 g/mol. The highest BCUT2D eigenvalue weighted by atomic mass is 14.4. The van der Waals surface area contributed by atoms with Crippen LogP contribution >= 0.6 is 0 Å². The number of fused-ring (bicyclic) bond motifs is 2. The zero-order chi connectivity index (χ0) is 15.3. The van der Waals surface area contributed by atoms with Crippen LogP contribution in [0, 0.1) is 5.92 Å². The van der Waals surface area contributed by atoms with Crippen molar-refractivity contribution < 1.29 is 0 Å². The van der Waals surface area contributed by atoms with Crippen LogP contribution in [-0.2, 0) is 5.41 Å². The summed E-state index contributed by atoms with van der Waals surface area (Å²) in [5, 5.41) is 0. The van der Waals surface area contributed by atoms with Gasteiger partial charge in [-0.15, -0.1) is 0 Å². The van der Waals surface area contributed by atoms with E-state index in [9.17, 15) is 0 Å². The van der Waals surface area contributed by atoms with Crippen molar-refractivity contribution in [2.45, 2.75) is 32.6 Å². The summed E-state index contributed by atoms with van der Waals surface area (Å²) in [7, 11) is 0. The van der Waals surface area contributed by atoms with Crippen molar-refractivity contribution in [2.75, 3.05) is 0 Å². The van der Waals surface area contributed by atoms with Gasteiger partial charge < -0.3 is 0 Å². The van der Waals surface area contributed by atoms with E-state index in [1.807, 2.05) is 0 Å². The van der Waals surface area contributed by atoms with Crippen LogP contribution in [0.4, 0.5) is 0 Å². The van der Waals surface area contributed by atoms with E-state index in [1.165, 1.54) is 27.8 Å². The monoisotopic (exact) mass is 286 g/mol. The summed E-state index contributed by atoms with van der Waals surface area (Å²) in [5.41, 5.74) is 8.78. The van der Waals surface area contributed by atoms with Gasteiger partial charge in [0.05, 0.1) is 0 Å². The van der Waals surface area contributed by atoms with Crippen LogP contribution in [0.5, 0.6) is 0 Å². The lowest BCUT2D eigenvalue weighted by Crippen LogP contribution is -2.17. The molecule has 2 aromatic rings. The second-order valence-electron chi connectivity index (χ2n) is 7.12. The van der Waals surface area contributed by atoms with Crippen LogP contribution in [0.15, 0.2) is 66.3 Å². The average Bonchev–Trinajstić information content (AvgIpc) is 2.77. The lowest BCUT2D eigenvalue weighted by atomic mass is 9.78. The largest absolute Gasteiger partial charge is 0.0836 e. The van der Waals surface area contributed by atoms with E-state index < -0.39 is 0 Å². The van der Waals surface area contributed by atoms with Gasteiger partial charge >= 0.3 is 0 Å². The Kier molecular flexibility index (Phi) is 2.91. The molecule has 4 rings (SSSR count). The van der Waals surface area contributed by atoms with E-state index in [4.69, 9.17) is 0 Å². The summed E-state index contributed by atoms with van der Waals surface area (Å²) in [4.78, 5) is 0. The molecule has 0 spiro atoms. The first-order chi connectivity index (χ1) is 10.6. The van der Waals surface area contributed by atoms with Crippen molar-refractivity contribution in [2.24, 2.45) is 5.92 Å². The van der Waals surface area contributed by atoms with Crippen molar-refractivity contribution in [1.82, 2.24) is 0 Å². The molecule has 0 aliphatic heterocycles. The number of hydrogen-bond acceptors (Lipinski definition) is 0. The summed E-state index contributed by atoms with van der Waals surface area (Å²) in [6.45, 7) is 7.09. The average molecular weight is 286 g/mol. The molecule has 0 fully saturated rings. The third-order valence-corrected chi connectivity index (χ3v) is 5.32. The van der Waals surface area contributed by atoms with Crippen molar-refractivity contribution in [3.63, 3.8) is 0 Å². The Hall–Kier alpha value is -2.08. The summed E-state index contributed by atoms with van der Waals surface area (Å²) >= 11 is 0. The highest BCUT2D eigenvalue weighted by Gasteiger charge is 2.39. The molecule has 0 saturated carbocycles. The third kappa shape index (κ3) is 1.83. The fourth-order valence-electron chi connectivity index (χ4n) is 4.07. The Morgan fingerprint density at radius 3 is 2.50 bits per heavy atom. The van der Waals surface area contributed by atoms with Gasteiger partial charge in [0.25, 0.3) is 0 Å². The summed E-state index contributed by atoms with van der Waals surface area (Å²) < 4.78 is 0. The standard InChI is InChI=1S/C22H22/c1-15-8-7-11-19-21(15)18-13-12-17(14-20(18)22(19,2)3)16-9-5-4-6-10-16/h4-7,9-15H,8H2,1-3H3. The van der Waals surface area contributed by atoms with Crippen LogP contribution in [-0.4, -0.2) is 0 Å². The molecular formula is C22H22. The zero-order valence-electron chi connectivity index (χ0n) is 13.6. The quantitative estimate of drug-likeness (QED) is 0.603. The molecule has 0 heteroatoms. The van der Waals surface area contributed by atoms with E-state index in [0.29, 0.717) is 5.92 Å². The van der Waals surface area contributed by atoms with Crippen LogP contribution in [0.3, 0.4) is 0 Å². The Bertz CT molecular complexity index is 788. The maximum absolute atomic E-state index is 2.41. The molecule has 1 atom stereocenters. The lowest BCUT2D eigenvalue weighted by Gasteiger charge is -2.25. The Morgan fingerprint density at radius 1 is 0.955 bits per heavy atom. The normalized spacial score (nSPS) is 21.7. The van der Waals surface area contributed by atoms with E-state index in [2.05, 4.69) is 81.5 Å². The molecule has 0 radical (unpaired) electrons. The number of benzene rings is 2. The number of rotatable bonds is 1. The van der Waals surface area contributed by atoms with Crippen LogP contribution in [0.2, 0.25) is 0 Å². The van der Waals surface area contributed by atoms with Crippen LogP contribution in [0.25, 0.3) is 16.7 Å². The minimum absolute atomic E-state index is 0.112. The Morgan fingerprint density at radius 2 is 1.73 bits per heavy atom. The molecule has 0 aromatic heterocycles. The molecule has 2 aliphatic rings. The topological polar surface area (TPSA) is 0 Å². The molecule has 110 valence electrons. The minimum atomic E-state index is 0.112. The molecule has 0 heterocycles. The molecule has 0 saturated heterocycles. The summed E-state index contributed by atoms with van der Waals surface area (Å²) in [6, 6.07) is 17.7. The van der Waals surface area contributed by atoms with Crippen molar-refractivity contribution in [1.29, 1.82) is 0 Å². The van der Waals surface area contributed by atoms with Gasteiger partial charge in [0.2, 0.25) is 0 Å². The number of hydrogen-bond donors (Lipinski definition) is 0. The van der Waals surface area contributed by atoms with Gasteiger partial charge in [-0.05, 0) is 51.8 Å². The highest BCUT2D eigenvalue weighted by Crippen LogP contribution is 2.52. The van der Waals surface area contributed by atoms with Gasteiger partial charge in [0, 0.05) is 5.41 Å². The SMILES string of the molecule is CC1CC=CC2=C1c1ccc(-c3ccccc3)cc1C2(C)C. The predicted octanol–water partition coefficient (Wildman–Crippen LogP) is 5.99. The van der Waals surface area contributed by atoms with Gasteiger partial charge in [-0.2, -0.15) is 0 Å². The molecule has 0 amide bonds. The van der Waals surface area contributed by atoms with Crippen molar-refractivity contribution >= 4 is 5.57 Å². The minimum Gasteiger partial charge on any atom is -0.0836 e. The summed E-state index contributed by atoms with van der Waals surface area (Å²) in [6.07, 6.45) is 5.86. The van der Waals surface area contributed by atoms with Gasteiger partial charge in [-0.1, -0.05) is 75.4 Å². The van der Waals surface area contributed by atoms with Gasteiger partial charge in [0.1, 0.15) is 0 Å². The zero-order valence-corrected chi connectivity index (χ0v) is 13.6. The Labute approximate surface area is 133 Å². The second kappa shape index (κ2) is 4.71. The predicted molar refractivity (Wildman–Crippen MR) is 94.7 cm³/mol. The van der Waals surface area contributed by atoms with E-state index in [1.54, 1.807) is 5.57 Å². The van der Waals surface area contributed by atoms with Crippen LogP contribution < -0.4 is 0 Å². The molecule has 0 nitrogen and oxygen atoms in total. The van der Waals surface area contributed by atoms with Crippen molar-refractivity contribution in [3.05, 3.63) is 77.4 Å². The fraction of sp³-hybridized carbons (Fsp3) is 0.273. The van der Waals surface area contributed by atoms with Gasteiger partial charge in [-0.25, -0.2) is 0 Å². The Balaban J connectivity index is 1.90. The van der Waals surface area contributed by atoms with E-state index in [0.717, 1.165) is 6.42 Å². The molecule has 2 aliphatic carbocycles. The summed E-state index contributed by atoms with van der Waals surface area (Å²) in [5.74, 6) is 0.628. The second-order valence-corrected chi connectivity index (χ2v) is 7.12.